The molecular weight excluding hydrogens is 355 g/mol. The molecular formula is C23H17FN2O2. The third-order valence-corrected chi connectivity index (χ3v) is 5.00. The quantitative estimate of drug-likeness (QED) is 0.526. The average molecular weight is 372 g/mol. The molecule has 0 amide bonds. The number of H-pyrrole nitrogens is 1. The number of nitrogens with zero attached hydrogens (tertiary/aromatic N) is 1. The van der Waals surface area contributed by atoms with Crippen LogP contribution in [0.2, 0.25) is 0 Å². The molecule has 4 nitrogen and oxygen atoms in total. The lowest BCUT2D eigenvalue weighted by Gasteiger charge is -2.27. The Kier molecular flexibility index (Phi) is 3.86. The van der Waals surface area contributed by atoms with Crippen molar-refractivity contribution in [3.63, 3.8) is 0 Å². The number of ether oxygens (including phenoxy) is 2. The van der Waals surface area contributed by atoms with Crippen molar-refractivity contribution in [2.24, 2.45) is 0 Å². The summed E-state index contributed by atoms with van der Waals surface area (Å²) < 4.78 is 25.1. The molecule has 1 N–H and O–H groups in total. The van der Waals surface area contributed by atoms with Crippen LogP contribution >= 0.6 is 0 Å². The number of hydrogen-bond donors (Lipinski definition) is 1. The first-order chi connectivity index (χ1) is 13.7. The predicted octanol–water partition coefficient (Wildman–Crippen LogP) is 5.37. The van der Waals surface area contributed by atoms with Crippen molar-refractivity contribution in [3.8, 4) is 34.0 Å². The molecule has 28 heavy (non-hydrogen) atoms. The van der Waals surface area contributed by atoms with E-state index < -0.39 is 0 Å². The molecule has 0 fully saturated rings. The Hall–Kier alpha value is -3.60. The molecule has 0 bridgehead atoms. The van der Waals surface area contributed by atoms with Crippen LogP contribution in [0.1, 0.15) is 17.2 Å². The number of fused-ring (bicyclic) bond motifs is 3. The van der Waals surface area contributed by atoms with E-state index in [1.807, 2.05) is 48.5 Å². The molecule has 1 atom stereocenters. The van der Waals surface area contributed by atoms with E-state index in [9.17, 15) is 4.39 Å². The summed E-state index contributed by atoms with van der Waals surface area (Å²) in [6.07, 6.45) is -0.388. The SMILES string of the molecule is COc1ccc(-c2n[nH]c3c2C(c2ccc(F)cc2)Oc2ccccc2-3)cc1. The van der Waals surface area contributed by atoms with E-state index in [2.05, 4.69) is 10.2 Å². The molecule has 3 aromatic carbocycles. The van der Waals surface area contributed by atoms with E-state index in [1.165, 1.54) is 12.1 Å². The maximum absolute atomic E-state index is 13.5. The molecule has 0 saturated heterocycles. The van der Waals surface area contributed by atoms with Crippen LogP contribution in [0.4, 0.5) is 4.39 Å². The number of halogens is 1. The fourth-order valence-electron chi connectivity index (χ4n) is 3.61. The fourth-order valence-corrected chi connectivity index (χ4v) is 3.61. The van der Waals surface area contributed by atoms with E-state index in [0.29, 0.717) is 0 Å². The van der Waals surface area contributed by atoms with Crippen LogP contribution in [-0.4, -0.2) is 17.3 Å². The first-order valence-corrected chi connectivity index (χ1v) is 8.99. The van der Waals surface area contributed by atoms with Gasteiger partial charge in [-0.1, -0.05) is 24.3 Å². The molecule has 0 spiro atoms. The summed E-state index contributed by atoms with van der Waals surface area (Å²) in [5.41, 5.74) is 5.45. The molecule has 138 valence electrons. The second kappa shape index (κ2) is 6.53. The summed E-state index contributed by atoms with van der Waals surface area (Å²) in [6.45, 7) is 0. The number of benzene rings is 3. The highest BCUT2D eigenvalue weighted by atomic mass is 19.1. The molecule has 5 rings (SSSR count). The van der Waals surface area contributed by atoms with Gasteiger partial charge in [-0.2, -0.15) is 5.10 Å². The van der Waals surface area contributed by atoms with E-state index in [-0.39, 0.29) is 11.9 Å². The number of aromatic amines is 1. The highest BCUT2D eigenvalue weighted by molar-refractivity contribution is 5.80. The first-order valence-electron chi connectivity index (χ1n) is 8.99. The number of nitrogens with one attached hydrogen (secondary N) is 1. The molecule has 1 aromatic heterocycles. The van der Waals surface area contributed by atoms with Crippen LogP contribution in [-0.2, 0) is 0 Å². The highest BCUT2D eigenvalue weighted by Crippen LogP contribution is 2.47. The zero-order valence-corrected chi connectivity index (χ0v) is 15.1. The molecule has 1 unspecified atom stereocenters. The smallest absolute Gasteiger partial charge is 0.153 e. The van der Waals surface area contributed by atoms with Crippen molar-refractivity contribution in [3.05, 3.63) is 89.7 Å². The van der Waals surface area contributed by atoms with Crippen LogP contribution in [0.15, 0.2) is 72.8 Å². The van der Waals surface area contributed by atoms with Crippen LogP contribution < -0.4 is 9.47 Å². The summed E-state index contributed by atoms with van der Waals surface area (Å²) in [5.74, 6) is 1.28. The summed E-state index contributed by atoms with van der Waals surface area (Å²) >= 11 is 0. The molecule has 4 aromatic rings. The van der Waals surface area contributed by atoms with Gasteiger partial charge in [0.15, 0.2) is 6.10 Å². The zero-order chi connectivity index (χ0) is 19.1. The molecule has 1 aliphatic heterocycles. The molecule has 5 heteroatoms. The highest BCUT2D eigenvalue weighted by Gasteiger charge is 2.32. The lowest BCUT2D eigenvalue weighted by molar-refractivity contribution is 0.244. The minimum Gasteiger partial charge on any atom is -0.497 e. The molecule has 0 radical (unpaired) electrons. The lowest BCUT2D eigenvalue weighted by atomic mass is 9.91. The van der Waals surface area contributed by atoms with Gasteiger partial charge in [-0.25, -0.2) is 4.39 Å². The predicted molar refractivity (Wildman–Crippen MR) is 105 cm³/mol. The van der Waals surface area contributed by atoms with Gasteiger partial charge in [-0.05, 0) is 54.1 Å². The van der Waals surface area contributed by atoms with Gasteiger partial charge in [0.05, 0.1) is 24.1 Å². The Morgan fingerprint density at radius 2 is 1.71 bits per heavy atom. The van der Waals surface area contributed by atoms with Gasteiger partial charge in [0, 0.05) is 11.1 Å². The standard InChI is InChI=1S/C23H17FN2O2/c1-27-17-12-8-14(9-13-17)21-20-22(26-25-21)18-4-2-3-5-19(18)28-23(20)15-6-10-16(24)11-7-15/h2-13,23H,1H3,(H,25,26). The summed E-state index contributed by atoms with van der Waals surface area (Å²) in [6, 6.07) is 22.0. The first kappa shape index (κ1) is 16.6. The molecule has 0 saturated carbocycles. The van der Waals surface area contributed by atoms with Gasteiger partial charge in [-0.3, -0.25) is 5.10 Å². The topological polar surface area (TPSA) is 47.1 Å². The van der Waals surface area contributed by atoms with Crippen LogP contribution in [0.25, 0.3) is 22.5 Å². The minimum atomic E-state index is -0.388. The Bertz CT molecular complexity index is 1130. The van der Waals surface area contributed by atoms with Crippen LogP contribution in [0.3, 0.4) is 0 Å². The van der Waals surface area contributed by atoms with E-state index in [1.54, 1.807) is 19.2 Å². The van der Waals surface area contributed by atoms with Crippen molar-refractivity contribution in [1.82, 2.24) is 10.2 Å². The maximum Gasteiger partial charge on any atom is 0.153 e. The Morgan fingerprint density at radius 3 is 2.46 bits per heavy atom. The van der Waals surface area contributed by atoms with E-state index in [0.717, 1.165) is 45.1 Å². The molecule has 2 heterocycles. The van der Waals surface area contributed by atoms with Gasteiger partial charge >= 0.3 is 0 Å². The number of hydrogen-bond acceptors (Lipinski definition) is 3. The third-order valence-electron chi connectivity index (χ3n) is 5.00. The van der Waals surface area contributed by atoms with Crippen molar-refractivity contribution in [2.45, 2.75) is 6.10 Å². The number of aromatic nitrogens is 2. The van der Waals surface area contributed by atoms with Crippen LogP contribution in [0, 0.1) is 5.82 Å². The lowest BCUT2D eigenvalue weighted by Crippen LogP contribution is -2.15. The van der Waals surface area contributed by atoms with Gasteiger partial charge in [0.1, 0.15) is 17.3 Å². The summed E-state index contributed by atoms with van der Waals surface area (Å²) in [5, 5.41) is 7.78. The monoisotopic (exact) mass is 372 g/mol. The van der Waals surface area contributed by atoms with Crippen LogP contribution in [0.5, 0.6) is 11.5 Å². The van der Waals surface area contributed by atoms with Gasteiger partial charge < -0.3 is 9.47 Å². The number of rotatable bonds is 3. The van der Waals surface area contributed by atoms with Crippen molar-refractivity contribution >= 4 is 0 Å². The Balaban J connectivity index is 1.70. The summed E-state index contributed by atoms with van der Waals surface area (Å²) in [7, 11) is 1.64. The average Bonchev–Trinajstić information content (AvgIpc) is 3.19. The van der Waals surface area contributed by atoms with Gasteiger partial charge in [-0.15, -0.1) is 0 Å². The largest absolute Gasteiger partial charge is 0.497 e. The van der Waals surface area contributed by atoms with Crippen molar-refractivity contribution in [2.75, 3.05) is 7.11 Å². The Labute approximate surface area is 161 Å². The number of para-hydroxylation sites is 1. The van der Waals surface area contributed by atoms with E-state index in [4.69, 9.17) is 9.47 Å². The van der Waals surface area contributed by atoms with Crippen molar-refractivity contribution < 1.29 is 13.9 Å². The molecule has 0 aliphatic carbocycles. The zero-order valence-electron chi connectivity index (χ0n) is 15.1. The summed E-state index contributed by atoms with van der Waals surface area (Å²) in [4.78, 5) is 0. The maximum atomic E-state index is 13.5. The van der Waals surface area contributed by atoms with Crippen molar-refractivity contribution in [1.29, 1.82) is 0 Å². The minimum absolute atomic E-state index is 0.275. The Morgan fingerprint density at radius 1 is 0.964 bits per heavy atom. The van der Waals surface area contributed by atoms with Gasteiger partial charge in [0.2, 0.25) is 0 Å². The second-order valence-corrected chi connectivity index (χ2v) is 6.63. The number of methoxy groups -OCH3 is 1. The molecule has 1 aliphatic rings. The normalized spacial score (nSPS) is 14.7. The van der Waals surface area contributed by atoms with E-state index >= 15 is 0 Å². The second-order valence-electron chi connectivity index (χ2n) is 6.63. The van der Waals surface area contributed by atoms with Gasteiger partial charge in [0.25, 0.3) is 0 Å². The fraction of sp³-hybridized carbons (Fsp3) is 0.0870. The third kappa shape index (κ3) is 2.63.